The number of rotatable bonds is 10. The third-order valence-electron chi connectivity index (χ3n) is 2.34. The van der Waals surface area contributed by atoms with Gasteiger partial charge in [-0.15, -0.1) is 0 Å². The molecule has 0 aromatic rings. The van der Waals surface area contributed by atoms with Gasteiger partial charge in [0.1, 0.15) is 0 Å². The summed E-state index contributed by atoms with van der Waals surface area (Å²) >= 11 is 0. The second-order valence-electron chi connectivity index (χ2n) is 3.79. The second kappa shape index (κ2) is 16.8. The molecule has 0 nitrogen and oxygen atoms in total. The van der Waals surface area contributed by atoms with Crippen molar-refractivity contribution < 1.29 is 0 Å². The van der Waals surface area contributed by atoms with E-state index in [1.165, 1.54) is 63.7 Å². The van der Waals surface area contributed by atoms with Crippen LogP contribution in [0.25, 0.3) is 0 Å². The quantitative estimate of drug-likeness (QED) is 0.293. The maximum absolute atomic E-state index is 2.28. The van der Waals surface area contributed by atoms with Gasteiger partial charge in [-0.05, 0) is 25.2 Å². The zero-order valence-corrected chi connectivity index (χ0v) is 10.4. The summed E-state index contributed by atoms with van der Waals surface area (Å²) in [7, 11) is 1.70. The van der Waals surface area contributed by atoms with Crippen LogP contribution in [0.2, 0.25) is 0 Å². The first-order valence-electron chi connectivity index (χ1n) is 6.05. The van der Waals surface area contributed by atoms with Gasteiger partial charge in [0, 0.05) is 0 Å². The molecule has 14 heavy (non-hydrogen) atoms. The number of hydrogen-bond acceptors (Lipinski definition) is 0. The Kier molecular flexibility index (Phi) is 21.4. The number of hydrogen-bond donors (Lipinski definition) is 0. The van der Waals surface area contributed by atoms with Gasteiger partial charge in [0.25, 0.3) is 0 Å². The topological polar surface area (TPSA) is 0 Å². The molecule has 0 heterocycles. The van der Waals surface area contributed by atoms with E-state index in [0.29, 0.717) is 0 Å². The molecule has 0 aliphatic carbocycles. The van der Waals surface area contributed by atoms with Gasteiger partial charge in [-0.1, -0.05) is 61.0 Å². The van der Waals surface area contributed by atoms with Crippen molar-refractivity contribution >= 4 is 38.1 Å². The minimum atomic E-state index is 0. The first-order valence-corrected chi connectivity index (χ1v) is 7.31. The zero-order chi connectivity index (χ0) is 9.78. The Hall–Kier alpha value is 1.43. The molecule has 0 atom stereocenters. The number of unbranched alkanes of at least 4 members (excludes halogenated alkanes) is 6. The third-order valence-corrected chi connectivity index (χ3v) is 3.60. The SMILES string of the molecule is CCCCCC[P]CCCCCC.[NaH]. The average molecular weight is 225 g/mol. The molecule has 0 N–H and O–H groups in total. The summed E-state index contributed by atoms with van der Waals surface area (Å²) in [5.41, 5.74) is 0. The molecule has 0 aromatic heterocycles. The molecule has 2 heteroatoms. The van der Waals surface area contributed by atoms with E-state index in [9.17, 15) is 0 Å². The molecule has 1 radical (unpaired) electrons. The fourth-order valence-electron chi connectivity index (χ4n) is 1.41. The van der Waals surface area contributed by atoms with Crippen molar-refractivity contribution in [2.45, 2.75) is 65.2 Å². The Morgan fingerprint density at radius 3 is 1.43 bits per heavy atom. The van der Waals surface area contributed by atoms with Gasteiger partial charge in [0.15, 0.2) is 0 Å². The maximum atomic E-state index is 2.28. The van der Waals surface area contributed by atoms with Crippen molar-refractivity contribution in [2.24, 2.45) is 0 Å². The van der Waals surface area contributed by atoms with E-state index in [2.05, 4.69) is 13.8 Å². The van der Waals surface area contributed by atoms with Crippen LogP contribution in [0.3, 0.4) is 0 Å². The molecule has 0 saturated heterocycles. The fourth-order valence-corrected chi connectivity index (χ4v) is 2.53. The van der Waals surface area contributed by atoms with Gasteiger partial charge in [0.2, 0.25) is 0 Å². The van der Waals surface area contributed by atoms with Crippen molar-refractivity contribution in [1.29, 1.82) is 0 Å². The van der Waals surface area contributed by atoms with Crippen LogP contribution in [0, 0.1) is 0 Å². The van der Waals surface area contributed by atoms with Gasteiger partial charge in [-0.2, -0.15) is 0 Å². The standard InChI is InChI=1S/C12H26P.Na.H/c1-3-5-7-9-11-13-12-10-8-6-4-2;;/h3-12H2,1-2H3;;. The zero-order valence-electron chi connectivity index (χ0n) is 9.52. The fraction of sp³-hybridized carbons (Fsp3) is 1.00. The Balaban J connectivity index is 0. The van der Waals surface area contributed by atoms with Crippen molar-refractivity contribution in [3.8, 4) is 0 Å². The van der Waals surface area contributed by atoms with E-state index in [-0.39, 0.29) is 29.6 Å². The molecule has 0 unspecified atom stereocenters. The Morgan fingerprint density at radius 1 is 0.643 bits per heavy atom. The van der Waals surface area contributed by atoms with Crippen LogP contribution in [-0.2, 0) is 0 Å². The summed E-state index contributed by atoms with van der Waals surface area (Å²) in [4.78, 5) is 0. The van der Waals surface area contributed by atoms with E-state index in [1.54, 1.807) is 8.58 Å². The van der Waals surface area contributed by atoms with Gasteiger partial charge < -0.3 is 0 Å². The van der Waals surface area contributed by atoms with E-state index in [1.807, 2.05) is 0 Å². The molecule has 81 valence electrons. The monoisotopic (exact) mass is 225 g/mol. The Morgan fingerprint density at radius 2 is 1.07 bits per heavy atom. The van der Waals surface area contributed by atoms with Gasteiger partial charge in [-0.3, -0.25) is 0 Å². The van der Waals surface area contributed by atoms with Crippen LogP contribution in [0.1, 0.15) is 65.2 Å². The summed E-state index contributed by atoms with van der Waals surface area (Å²) < 4.78 is 0. The van der Waals surface area contributed by atoms with Gasteiger partial charge >= 0.3 is 29.6 Å². The molecule has 0 rings (SSSR count). The van der Waals surface area contributed by atoms with E-state index >= 15 is 0 Å². The normalized spacial score (nSPS) is 9.86. The predicted octanol–water partition coefficient (Wildman–Crippen LogP) is 4.44. The van der Waals surface area contributed by atoms with Gasteiger partial charge in [0.05, 0.1) is 0 Å². The molecule has 0 fully saturated rings. The first kappa shape index (κ1) is 17.8. The molecule has 0 amide bonds. The predicted molar refractivity (Wildman–Crippen MR) is 72.1 cm³/mol. The van der Waals surface area contributed by atoms with Crippen molar-refractivity contribution in [2.75, 3.05) is 12.3 Å². The van der Waals surface area contributed by atoms with Gasteiger partial charge in [-0.25, -0.2) is 0 Å². The minimum absolute atomic E-state index is 0. The summed E-state index contributed by atoms with van der Waals surface area (Å²) in [6.07, 6.45) is 14.3. The van der Waals surface area contributed by atoms with Crippen molar-refractivity contribution in [1.82, 2.24) is 0 Å². The van der Waals surface area contributed by atoms with E-state index in [0.717, 1.165) is 0 Å². The molecule has 0 aliphatic rings. The Bertz CT molecular complexity index is 76.4. The molecule has 0 aromatic carbocycles. The summed E-state index contributed by atoms with van der Waals surface area (Å²) in [6.45, 7) is 4.56. The molecular weight excluding hydrogens is 198 g/mol. The second-order valence-corrected chi connectivity index (χ2v) is 5.13. The van der Waals surface area contributed by atoms with E-state index < -0.39 is 0 Å². The summed E-state index contributed by atoms with van der Waals surface area (Å²) in [6, 6.07) is 0. The van der Waals surface area contributed by atoms with Crippen LogP contribution in [0.15, 0.2) is 0 Å². The van der Waals surface area contributed by atoms with Crippen molar-refractivity contribution in [3.63, 3.8) is 0 Å². The molecule has 0 spiro atoms. The van der Waals surface area contributed by atoms with E-state index in [4.69, 9.17) is 0 Å². The van der Waals surface area contributed by atoms with Crippen LogP contribution < -0.4 is 0 Å². The third kappa shape index (κ3) is 15.9. The molecule has 0 aliphatic heterocycles. The molecule has 0 saturated carbocycles. The van der Waals surface area contributed by atoms with Crippen LogP contribution in [-0.4, -0.2) is 41.9 Å². The van der Waals surface area contributed by atoms with Crippen molar-refractivity contribution in [3.05, 3.63) is 0 Å². The van der Waals surface area contributed by atoms with Crippen LogP contribution in [0.5, 0.6) is 0 Å². The molecule has 0 bridgehead atoms. The summed E-state index contributed by atoms with van der Waals surface area (Å²) in [5, 5.41) is 0. The first-order chi connectivity index (χ1) is 6.41. The van der Waals surface area contributed by atoms with Crippen LogP contribution >= 0.6 is 8.58 Å². The summed E-state index contributed by atoms with van der Waals surface area (Å²) in [5.74, 6) is 0. The van der Waals surface area contributed by atoms with Crippen LogP contribution in [0.4, 0.5) is 0 Å². The average Bonchev–Trinajstić information content (AvgIpc) is 2.16. The Labute approximate surface area is 115 Å². The molecular formula is C12H27NaP.